The van der Waals surface area contributed by atoms with Gasteiger partial charge >= 0.3 is 0 Å². The lowest BCUT2D eigenvalue weighted by Gasteiger charge is -2.15. The molecule has 0 N–H and O–H groups in total. The van der Waals surface area contributed by atoms with Crippen molar-refractivity contribution in [1.82, 2.24) is 4.90 Å². The van der Waals surface area contributed by atoms with Gasteiger partial charge in [-0.1, -0.05) is 11.6 Å². The minimum atomic E-state index is -0.197. The van der Waals surface area contributed by atoms with Gasteiger partial charge in [0.25, 0.3) is 0 Å². The fourth-order valence-electron chi connectivity index (χ4n) is 1.83. The molecule has 1 heterocycles. The second-order valence-electron chi connectivity index (χ2n) is 3.86. The molecule has 0 aliphatic carbocycles. The number of halogens is 3. The molecule has 0 radical (unpaired) electrons. The standard InChI is InChI=1S/C11H12Cl2FN/c12-9-1-2-11(14)8(5-9)6-15-4-3-10(13)7-15/h1-2,5,10H,3-4,6-7H2. The van der Waals surface area contributed by atoms with E-state index in [1.165, 1.54) is 6.07 Å². The van der Waals surface area contributed by atoms with Crippen LogP contribution in [0, 0.1) is 5.82 Å². The van der Waals surface area contributed by atoms with Crippen molar-refractivity contribution in [1.29, 1.82) is 0 Å². The molecule has 1 unspecified atom stereocenters. The molecule has 82 valence electrons. The highest BCUT2D eigenvalue weighted by Crippen LogP contribution is 2.21. The third-order valence-corrected chi connectivity index (χ3v) is 3.21. The Labute approximate surface area is 98.8 Å². The Balaban J connectivity index is 2.07. The van der Waals surface area contributed by atoms with Crippen LogP contribution in [0.2, 0.25) is 5.02 Å². The van der Waals surface area contributed by atoms with E-state index in [9.17, 15) is 4.39 Å². The zero-order valence-corrected chi connectivity index (χ0v) is 9.73. The Morgan fingerprint density at radius 2 is 2.27 bits per heavy atom. The normalized spacial score (nSPS) is 22.2. The van der Waals surface area contributed by atoms with E-state index in [1.807, 2.05) is 0 Å². The van der Waals surface area contributed by atoms with Crippen LogP contribution in [0.5, 0.6) is 0 Å². The highest BCUT2D eigenvalue weighted by molar-refractivity contribution is 6.30. The molecule has 1 aliphatic heterocycles. The molecule has 2 rings (SSSR count). The van der Waals surface area contributed by atoms with Crippen molar-refractivity contribution in [2.75, 3.05) is 13.1 Å². The predicted octanol–water partition coefficient (Wildman–Crippen LogP) is 3.29. The van der Waals surface area contributed by atoms with Gasteiger partial charge in [0, 0.05) is 29.1 Å². The smallest absolute Gasteiger partial charge is 0.127 e. The highest BCUT2D eigenvalue weighted by Gasteiger charge is 2.21. The molecule has 0 amide bonds. The summed E-state index contributed by atoms with van der Waals surface area (Å²) in [5.74, 6) is -0.197. The summed E-state index contributed by atoms with van der Waals surface area (Å²) in [6.07, 6.45) is 0.976. The fraction of sp³-hybridized carbons (Fsp3) is 0.455. The van der Waals surface area contributed by atoms with E-state index in [2.05, 4.69) is 4.90 Å². The third kappa shape index (κ3) is 2.83. The van der Waals surface area contributed by atoms with Crippen molar-refractivity contribution in [2.24, 2.45) is 0 Å². The monoisotopic (exact) mass is 247 g/mol. The summed E-state index contributed by atoms with van der Waals surface area (Å²) in [5, 5.41) is 0.778. The van der Waals surface area contributed by atoms with E-state index in [-0.39, 0.29) is 11.2 Å². The third-order valence-electron chi connectivity index (χ3n) is 2.62. The Morgan fingerprint density at radius 1 is 1.47 bits per heavy atom. The van der Waals surface area contributed by atoms with Crippen LogP contribution in [0.25, 0.3) is 0 Å². The van der Waals surface area contributed by atoms with Gasteiger partial charge < -0.3 is 0 Å². The van der Waals surface area contributed by atoms with E-state index in [4.69, 9.17) is 23.2 Å². The molecule has 1 saturated heterocycles. The second kappa shape index (κ2) is 4.69. The first-order valence-electron chi connectivity index (χ1n) is 4.95. The van der Waals surface area contributed by atoms with Crippen LogP contribution in [-0.4, -0.2) is 23.4 Å². The Bertz CT molecular complexity index is 356. The molecule has 1 fully saturated rings. The second-order valence-corrected chi connectivity index (χ2v) is 4.91. The molecule has 4 heteroatoms. The molecule has 1 nitrogen and oxygen atoms in total. The van der Waals surface area contributed by atoms with Crippen LogP contribution in [0.15, 0.2) is 18.2 Å². The van der Waals surface area contributed by atoms with Gasteiger partial charge in [-0.05, 0) is 31.2 Å². The predicted molar refractivity (Wildman–Crippen MR) is 60.9 cm³/mol. The van der Waals surface area contributed by atoms with Crippen LogP contribution >= 0.6 is 23.2 Å². The molecular weight excluding hydrogens is 236 g/mol. The van der Waals surface area contributed by atoms with Crippen molar-refractivity contribution in [3.05, 3.63) is 34.6 Å². The minimum absolute atomic E-state index is 0.197. The molecular formula is C11H12Cl2FN. The molecule has 0 aromatic heterocycles. The average molecular weight is 248 g/mol. The molecule has 0 spiro atoms. The Kier molecular flexibility index (Phi) is 3.49. The van der Waals surface area contributed by atoms with Crippen molar-refractivity contribution < 1.29 is 4.39 Å². The molecule has 1 aromatic carbocycles. The average Bonchev–Trinajstić information content (AvgIpc) is 2.58. The maximum absolute atomic E-state index is 13.4. The lowest BCUT2D eigenvalue weighted by Crippen LogP contribution is -2.20. The van der Waals surface area contributed by atoms with E-state index < -0.39 is 0 Å². The number of hydrogen-bond acceptors (Lipinski definition) is 1. The van der Waals surface area contributed by atoms with Gasteiger partial charge in [-0.15, -0.1) is 11.6 Å². The summed E-state index contributed by atoms with van der Waals surface area (Å²) >= 11 is 11.8. The first kappa shape index (κ1) is 11.2. The zero-order chi connectivity index (χ0) is 10.8. The molecule has 15 heavy (non-hydrogen) atoms. The fourth-order valence-corrected chi connectivity index (χ4v) is 2.32. The topological polar surface area (TPSA) is 3.24 Å². The maximum Gasteiger partial charge on any atom is 0.127 e. The number of alkyl halides is 1. The van der Waals surface area contributed by atoms with Gasteiger partial charge in [-0.2, -0.15) is 0 Å². The van der Waals surface area contributed by atoms with Crippen molar-refractivity contribution >= 4 is 23.2 Å². The minimum Gasteiger partial charge on any atom is -0.297 e. The SMILES string of the molecule is Fc1ccc(Cl)cc1CN1CCC(Cl)C1. The van der Waals surface area contributed by atoms with Gasteiger partial charge in [0.2, 0.25) is 0 Å². The number of likely N-dealkylation sites (tertiary alicyclic amines) is 1. The first-order chi connectivity index (χ1) is 7.15. The summed E-state index contributed by atoms with van der Waals surface area (Å²) in [6.45, 7) is 2.35. The molecule has 1 aliphatic rings. The molecule has 0 bridgehead atoms. The lowest BCUT2D eigenvalue weighted by molar-refractivity contribution is 0.326. The van der Waals surface area contributed by atoms with E-state index in [1.54, 1.807) is 12.1 Å². The number of rotatable bonds is 2. The van der Waals surface area contributed by atoms with E-state index in [0.717, 1.165) is 19.5 Å². The number of benzene rings is 1. The van der Waals surface area contributed by atoms with Crippen LogP contribution in [0.3, 0.4) is 0 Å². The quantitative estimate of drug-likeness (QED) is 0.726. The van der Waals surface area contributed by atoms with Gasteiger partial charge in [-0.25, -0.2) is 4.39 Å². The first-order valence-corrected chi connectivity index (χ1v) is 5.77. The van der Waals surface area contributed by atoms with Gasteiger partial charge in [0.15, 0.2) is 0 Å². The lowest BCUT2D eigenvalue weighted by atomic mass is 10.2. The Morgan fingerprint density at radius 3 is 2.93 bits per heavy atom. The van der Waals surface area contributed by atoms with Crippen LogP contribution in [-0.2, 0) is 6.54 Å². The molecule has 1 atom stereocenters. The summed E-state index contributed by atoms with van der Waals surface area (Å²) in [4.78, 5) is 2.15. The summed E-state index contributed by atoms with van der Waals surface area (Å²) < 4.78 is 13.4. The van der Waals surface area contributed by atoms with Crippen molar-refractivity contribution in [2.45, 2.75) is 18.3 Å². The van der Waals surface area contributed by atoms with Crippen LogP contribution in [0.4, 0.5) is 4.39 Å². The van der Waals surface area contributed by atoms with Crippen molar-refractivity contribution in [3.63, 3.8) is 0 Å². The summed E-state index contributed by atoms with van der Waals surface area (Å²) in [7, 11) is 0. The van der Waals surface area contributed by atoms with Gasteiger partial charge in [0.05, 0.1) is 0 Å². The summed E-state index contributed by atoms with van der Waals surface area (Å²) in [5.41, 5.74) is 0.647. The number of hydrogen-bond donors (Lipinski definition) is 0. The van der Waals surface area contributed by atoms with Gasteiger partial charge in [0.1, 0.15) is 5.82 Å². The zero-order valence-electron chi connectivity index (χ0n) is 8.22. The Hall–Kier alpha value is -0.310. The van der Waals surface area contributed by atoms with Crippen LogP contribution in [0.1, 0.15) is 12.0 Å². The van der Waals surface area contributed by atoms with Gasteiger partial charge in [-0.3, -0.25) is 4.90 Å². The molecule has 0 saturated carbocycles. The molecule has 1 aromatic rings. The number of nitrogens with zero attached hydrogens (tertiary/aromatic N) is 1. The largest absolute Gasteiger partial charge is 0.297 e. The van der Waals surface area contributed by atoms with E-state index in [0.29, 0.717) is 17.1 Å². The highest BCUT2D eigenvalue weighted by atomic mass is 35.5. The summed E-state index contributed by atoms with van der Waals surface area (Å²) in [6, 6.07) is 4.65. The van der Waals surface area contributed by atoms with Crippen LogP contribution < -0.4 is 0 Å². The van der Waals surface area contributed by atoms with E-state index >= 15 is 0 Å². The maximum atomic E-state index is 13.4. The van der Waals surface area contributed by atoms with Crippen molar-refractivity contribution in [3.8, 4) is 0 Å².